The summed E-state index contributed by atoms with van der Waals surface area (Å²) in [7, 11) is 1.77. The highest BCUT2D eigenvalue weighted by atomic mass is 32.1. The molecule has 4 heteroatoms. The lowest BCUT2D eigenvalue weighted by Gasteiger charge is -2.16. The third-order valence-corrected chi connectivity index (χ3v) is 3.58. The van der Waals surface area contributed by atoms with Gasteiger partial charge in [0.2, 0.25) is 0 Å². The first-order valence-corrected chi connectivity index (χ1v) is 6.24. The molecule has 0 aliphatic carbocycles. The van der Waals surface area contributed by atoms with Crippen LogP contribution in [0.3, 0.4) is 0 Å². The van der Waals surface area contributed by atoms with E-state index in [9.17, 15) is 4.79 Å². The molecule has 1 aliphatic rings. The molecule has 0 saturated carbocycles. The third kappa shape index (κ3) is 1.52. The van der Waals surface area contributed by atoms with Gasteiger partial charge in [0.25, 0.3) is 5.91 Å². The van der Waals surface area contributed by atoms with Crippen LogP contribution in [-0.2, 0) is 0 Å². The zero-order valence-corrected chi connectivity index (χ0v) is 10.4. The number of benzene rings is 1. The molecule has 1 aromatic heterocycles. The molecule has 1 aromatic carbocycles. The Morgan fingerprint density at radius 3 is 2.88 bits per heavy atom. The maximum absolute atomic E-state index is 12.2. The van der Waals surface area contributed by atoms with Gasteiger partial charge in [-0.15, -0.1) is 11.3 Å². The number of carbonyl (C=O) groups excluding carboxylic acids is 1. The largest absolute Gasteiger partial charge is 0.453 e. The maximum Gasteiger partial charge on any atom is 0.262 e. The second-order valence-corrected chi connectivity index (χ2v) is 4.83. The van der Waals surface area contributed by atoms with E-state index in [-0.39, 0.29) is 5.91 Å². The fraction of sp³-hybridized carbons (Fsp3) is 0.154. The molecule has 0 unspecified atom stereocenters. The number of ether oxygens (including phenoxy) is 1. The van der Waals surface area contributed by atoms with Crippen molar-refractivity contribution in [2.45, 2.75) is 6.92 Å². The molecular formula is C13H11NO2S. The van der Waals surface area contributed by atoms with E-state index in [2.05, 4.69) is 0 Å². The van der Waals surface area contributed by atoms with E-state index in [0.29, 0.717) is 11.3 Å². The van der Waals surface area contributed by atoms with Crippen LogP contribution in [0.15, 0.2) is 29.0 Å². The molecule has 0 saturated heterocycles. The van der Waals surface area contributed by atoms with Crippen molar-refractivity contribution >= 4 is 22.9 Å². The lowest BCUT2D eigenvalue weighted by molar-refractivity contribution is 0.0993. The van der Waals surface area contributed by atoms with Crippen molar-refractivity contribution in [3.8, 4) is 11.5 Å². The van der Waals surface area contributed by atoms with Gasteiger partial charge < -0.3 is 9.64 Å². The topological polar surface area (TPSA) is 29.5 Å². The maximum atomic E-state index is 12.2. The summed E-state index contributed by atoms with van der Waals surface area (Å²) in [5.74, 6) is 1.35. The Kier molecular flexibility index (Phi) is 2.19. The lowest BCUT2D eigenvalue weighted by Crippen LogP contribution is -2.24. The highest BCUT2D eigenvalue weighted by Crippen LogP contribution is 2.39. The van der Waals surface area contributed by atoms with Crippen molar-refractivity contribution in [3.63, 3.8) is 0 Å². The number of carbonyl (C=O) groups is 1. The molecule has 0 spiro atoms. The van der Waals surface area contributed by atoms with Crippen molar-refractivity contribution < 1.29 is 9.53 Å². The normalized spacial score (nSPS) is 13.8. The van der Waals surface area contributed by atoms with Crippen LogP contribution in [0.25, 0.3) is 0 Å². The van der Waals surface area contributed by atoms with Gasteiger partial charge in [0, 0.05) is 17.8 Å². The zero-order valence-electron chi connectivity index (χ0n) is 9.56. The quantitative estimate of drug-likeness (QED) is 0.711. The van der Waals surface area contributed by atoms with Crippen molar-refractivity contribution in [2.75, 3.05) is 11.9 Å². The Balaban J connectivity index is 2.22. The minimum absolute atomic E-state index is 0.0226. The van der Waals surface area contributed by atoms with Gasteiger partial charge >= 0.3 is 0 Å². The fourth-order valence-corrected chi connectivity index (χ4v) is 2.62. The Morgan fingerprint density at radius 1 is 1.24 bits per heavy atom. The van der Waals surface area contributed by atoms with Crippen LogP contribution < -0.4 is 9.64 Å². The van der Waals surface area contributed by atoms with E-state index in [4.69, 9.17) is 4.74 Å². The number of hydrogen-bond acceptors (Lipinski definition) is 3. The highest BCUT2D eigenvalue weighted by molar-refractivity contribution is 7.08. The fourth-order valence-electron chi connectivity index (χ4n) is 1.90. The number of hydrogen-bond donors (Lipinski definition) is 0. The monoisotopic (exact) mass is 245 g/mol. The molecule has 3 nitrogen and oxygen atoms in total. The van der Waals surface area contributed by atoms with Crippen LogP contribution in [0.5, 0.6) is 11.5 Å². The number of thiophene rings is 1. The molecule has 2 aromatic rings. The first-order valence-electron chi connectivity index (χ1n) is 5.29. The molecule has 0 N–H and O–H groups in total. The first-order chi connectivity index (χ1) is 8.16. The number of fused-ring (bicyclic) bond motifs is 2. The molecule has 86 valence electrons. The molecule has 0 bridgehead atoms. The number of nitrogens with zero attached hydrogens (tertiary/aromatic N) is 1. The average Bonchev–Trinajstić information content (AvgIpc) is 2.74. The summed E-state index contributed by atoms with van der Waals surface area (Å²) in [5, 5.41) is 3.68. The van der Waals surface area contributed by atoms with Crippen LogP contribution >= 0.6 is 11.3 Å². The van der Waals surface area contributed by atoms with E-state index >= 15 is 0 Å². The van der Waals surface area contributed by atoms with Crippen molar-refractivity contribution in [1.29, 1.82) is 0 Å². The molecule has 0 atom stereocenters. The minimum Gasteiger partial charge on any atom is -0.453 e. The number of aryl methyl sites for hydroxylation is 1. The molecule has 0 radical (unpaired) electrons. The Hall–Kier alpha value is -1.81. The van der Waals surface area contributed by atoms with Gasteiger partial charge in [-0.1, -0.05) is 6.07 Å². The van der Waals surface area contributed by atoms with Gasteiger partial charge in [-0.25, -0.2) is 0 Å². The molecule has 1 aliphatic heterocycles. The van der Waals surface area contributed by atoms with Crippen molar-refractivity contribution in [3.05, 3.63) is 40.1 Å². The highest BCUT2D eigenvalue weighted by Gasteiger charge is 2.26. The third-order valence-electron chi connectivity index (χ3n) is 2.86. The first kappa shape index (κ1) is 10.4. The van der Waals surface area contributed by atoms with Crippen molar-refractivity contribution in [1.82, 2.24) is 0 Å². The van der Waals surface area contributed by atoms with Crippen LogP contribution in [-0.4, -0.2) is 13.0 Å². The Morgan fingerprint density at radius 2 is 2.06 bits per heavy atom. The van der Waals surface area contributed by atoms with Gasteiger partial charge in [0.1, 0.15) is 0 Å². The van der Waals surface area contributed by atoms with E-state index < -0.39 is 0 Å². The molecule has 0 fully saturated rings. The van der Waals surface area contributed by atoms with E-state index in [1.165, 1.54) is 11.3 Å². The second kappa shape index (κ2) is 3.60. The molecule has 2 heterocycles. The van der Waals surface area contributed by atoms with Crippen LogP contribution in [0, 0.1) is 6.92 Å². The predicted molar refractivity (Wildman–Crippen MR) is 68.3 cm³/mol. The summed E-state index contributed by atoms with van der Waals surface area (Å²) in [5.41, 5.74) is 2.55. The lowest BCUT2D eigenvalue weighted by atomic mass is 10.2. The predicted octanol–water partition coefficient (Wildman–Crippen LogP) is 3.44. The van der Waals surface area contributed by atoms with Gasteiger partial charge in [0.05, 0.1) is 11.3 Å². The smallest absolute Gasteiger partial charge is 0.262 e. The Bertz CT molecular complexity index is 603. The number of rotatable bonds is 0. The van der Waals surface area contributed by atoms with Crippen molar-refractivity contribution in [2.24, 2.45) is 0 Å². The van der Waals surface area contributed by atoms with Crippen LogP contribution in [0.2, 0.25) is 0 Å². The summed E-state index contributed by atoms with van der Waals surface area (Å²) in [6.07, 6.45) is 0. The van der Waals surface area contributed by atoms with Crippen LogP contribution in [0.1, 0.15) is 15.9 Å². The summed E-state index contributed by atoms with van der Waals surface area (Å²) < 4.78 is 5.79. The summed E-state index contributed by atoms with van der Waals surface area (Å²) in [6, 6.07) is 5.85. The SMILES string of the molecule is Cc1ccc2c(c1)N(C)C(=O)c1cscc1O2. The summed E-state index contributed by atoms with van der Waals surface area (Å²) in [6.45, 7) is 2.00. The minimum atomic E-state index is -0.0226. The van der Waals surface area contributed by atoms with Gasteiger partial charge in [-0.3, -0.25) is 4.79 Å². The second-order valence-electron chi connectivity index (χ2n) is 4.09. The van der Waals surface area contributed by atoms with Gasteiger partial charge in [0.15, 0.2) is 11.5 Å². The Labute approximate surface area is 103 Å². The van der Waals surface area contributed by atoms with Gasteiger partial charge in [-0.2, -0.15) is 0 Å². The number of anilines is 1. The average molecular weight is 245 g/mol. The molecule has 3 rings (SSSR count). The van der Waals surface area contributed by atoms with Crippen LogP contribution in [0.4, 0.5) is 5.69 Å². The van der Waals surface area contributed by atoms with Gasteiger partial charge in [-0.05, 0) is 24.6 Å². The van der Waals surface area contributed by atoms with E-state index in [1.807, 2.05) is 35.9 Å². The molecule has 1 amide bonds. The van der Waals surface area contributed by atoms with E-state index in [1.54, 1.807) is 11.9 Å². The van der Waals surface area contributed by atoms with E-state index in [0.717, 1.165) is 17.0 Å². The zero-order chi connectivity index (χ0) is 12.0. The summed E-state index contributed by atoms with van der Waals surface area (Å²) in [4.78, 5) is 13.9. The molecular weight excluding hydrogens is 234 g/mol. The number of amides is 1. The standard InChI is InChI=1S/C13H11NO2S/c1-8-3-4-11-10(5-8)14(2)13(15)9-6-17-7-12(9)16-11/h3-7H,1-2H3. The molecule has 17 heavy (non-hydrogen) atoms. The summed E-state index contributed by atoms with van der Waals surface area (Å²) >= 11 is 1.48.